The number of benzene rings is 1. The molecular formula is C18H21ClN2O2. The molecule has 0 bridgehead atoms. The van der Waals surface area contributed by atoms with Crippen molar-refractivity contribution in [1.82, 2.24) is 10.3 Å². The predicted molar refractivity (Wildman–Crippen MR) is 90.8 cm³/mol. The van der Waals surface area contributed by atoms with Crippen LogP contribution in [0.1, 0.15) is 31.2 Å². The second-order valence-corrected chi connectivity index (χ2v) is 7.21. The molecule has 122 valence electrons. The number of H-pyrrole nitrogens is 1. The van der Waals surface area contributed by atoms with Crippen LogP contribution in [0.3, 0.4) is 0 Å². The maximum absolute atomic E-state index is 12.4. The number of hydrogen-bond acceptors (Lipinski definition) is 2. The summed E-state index contributed by atoms with van der Waals surface area (Å²) in [6.07, 6.45) is 6.00. The third-order valence-corrected chi connectivity index (χ3v) is 5.50. The van der Waals surface area contributed by atoms with Crippen molar-refractivity contribution in [3.05, 3.63) is 35.0 Å². The van der Waals surface area contributed by atoms with Crippen LogP contribution >= 0.6 is 11.6 Å². The molecule has 0 atom stereocenters. The van der Waals surface area contributed by atoms with E-state index in [4.69, 9.17) is 16.3 Å². The van der Waals surface area contributed by atoms with E-state index >= 15 is 0 Å². The normalized spacial score (nSPS) is 20.6. The minimum atomic E-state index is 0.0902. The minimum absolute atomic E-state index is 0.0902. The third-order valence-electron chi connectivity index (χ3n) is 5.26. The molecule has 2 aromatic rings. The lowest BCUT2D eigenvalue weighted by Crippen LogP contribution is -2.38. The van der Waals surface area contributed by atoms with Gasteiger partial charge in [-0.1, -0.05) is 17.7 Å². The zero-order chi connectivity index (χ0) is 15.9. The zero-order valence-electron chi connectivity index (χ0n) is 13.0. The smallest absolute Gasteiger partial charge is 0.223 e. The first-order valence-electron chi connectivity index (χ1n) is 8.31. The highest BCUT2D eigenvalue weighted by molar-refractivity contribution is 6.31. The number of nitrogens with one attached hydrogen (secondary N) is 2. The predicted octanol–water partition coefficient (Wildman–Crippen LogP) is 3.40. The lowest BCUT2D eigenvalue weighted by atomic mass is 9.94. The second kappa shape index (κ2) is 5.84. The summed E-state index contributed by atoms with van der Waals surface area (Å²) < 4.78 is 5.33. The van der Waals surface area contributed by atoms with Crippen molar-refractivity contribution >= 4 is 28.4 Å². The van der Waals surface area contributed by atoms with E-state index in [0.717, 1.165) is 42.8 Å². The van der Waals surface area contributed by atoms with E-state index < -0.39 is 0 Å². The molecule has 4 rings (SSSR count). The molecule has 0 radical (unpaired) electrons. The topological polar surface area (TPSA) is 54.1 Å². The first kappa shape index (κ1) is 15.0. The quantitative estimate of drug-likeness (QED) is 0.901. The van der Waals surface area contributed by atoms with Gasteiger partial charge in [-0.15, -0.1) is 0 Å². The van der Waals surface area contributed by atoms with Gasteiger partial charge in [-0.25, -0.2) is 0 Å². The van der Waals surface area contributed by atoms with Gasteiger partial charge in [-0.05, 0) is 43.4 Å². The lowest BCUT2D eigenvalue weighted by molar-refractivity contribution is -0.127. The molecular weight excluding hydrogens is 312 g/mol. The molecule has 1 aliphatic heterocycles. The van der Waals surface area contributed by atoms with Crippen LogP contribution in [0.25, 0.3) is 10.9 Å². The Bertz CT molecular complexity index is 730. The maximum Gasteiger partial charge on any atom is 0.223 e. The Morgan fingerprint density at radius 3 is 2.87 bits per heavy atom. The molecule has 2 N–H and O–H groups in total. The Morgan fingerprint density at radius 1 is 1.35 bits per heavy atom. The number of carbonyl (C=O) groups is 1. The fraction of sp³-hybridized carbons (Fsp3) is 0.500. The van der Waals surface area contributed by atoms with Gasteiger partial charge in [0.05, 0.1) is 0 Å². The molecule has 1 saturated carbocycles. The molecule has 0 spiro atoms. The molecule has 2 heterocycles. The van der Waals surface area contributed by atoms with E-state index in [-0.39, 0.29) is 17.2 Å². The summed E-state index contributed by atoms with van der Waals surface area (Å²) in [5.74, 6) is 0.295. The number of aromatic amines is 1. The average molecular weight is 333 g/mol. The number of rotatable bonds is 4. The van der Waals surface area contributed by atoms with Crippen molar-refractivity contribution in [1.29, 1.82) is 0 Å². The largest absolute Gasteiger partial charge is 0.381 e. The molecule has 23 heavy (non-hydrogen) atoms. The monoisotopic (exact) mass is 332 g/mol. The van der Waals surface area contributed by atoms with E-state index in [1.807, 2.05) is 12.1 Å². The fourth-order valence-electron chi connectivity index (χ4n) is 3.59. The van der Waals surface area contributed by atoms with Crippen molar-refractivity contribution in [3.63, 3.8) is 0 Å². The highest BCUT2D eigenvalue weighted by atomic mass is 35.5. The summed E-state index contributed by atoms with van der Waals surface area (Å²) >= 11 is 6.06. The molecule has 4 nitrogen and oxygen atoms in total. The van der Waals surface area contributed by atoms with E-state index in [1.54, 1.807) is 0 Å². The second-order valence-electron chi connectivity index (χ2n) is 6.78. The van der Waals surface area contributed by atoms with Crippen LogP contribution in [-0.4, -0.2) is 30.6 Å². The molecule has 2 fully saturated rings. The minimum Gasteiger partial charge on any atom is -0.381 e. The highest BCUT2D eigenvalue weighted by Gasteiger charge is 2.46. The molecule has 0 unspecified atom stereocenters. The van der Waals surface area contributed by atoms with Crippen molar-refractivity contribution in [2.45, 2.75) is 31.1 Å². The number of ether oxygens (including phenoxy) is 1. The van der Waals surface area contributed by atoms with Crippen LogP contribution in [0, 0.1) is 5.92 Å². The lowest BCUT2D eigenvalue weighted by Gasteiger charge is -2.23. The molecule has 1 aromatic heterocycles. The molecule has 1 saturated heterocycles. The molecule has 1 amide bonds. The van der Waals surface area contributed by atoms with Gasteiger partial charge < -0.3 is 15.0 Å². The highest BCUT2D eigenvalue weighted by Crippen LogP contribution is 2.50. The van der Waals surface area contributed by atoms with Crippen LogP contribution in [0.2, 0.25) is 5.02 Å². The first-order chi connectivity index (χ1) is 11.2. The molecule has 2 aliphatic rings. The maximum atomic E-state index is 12.4. The number of carbonyl (C=O) groups excluding carboxylic acids is 1. The van der Waals surface area contributed by atoms with Crippen LogP contribution in [0.5, 0.6) is 0 Å². The Labute approximate surface area is 140 Å². The summed E-state index contributed by atoms with van der Waals surface area (Å²) in [5, 5.41) is 5.14. The van der Waals surface area contributed by atoms with Gasteiger partial charge in [0.15, 0.2) is 0 Å². The number of aromatic nitrogens is 1. The van der Waals surface area contributed by atoms with Crippen molar-refractivity contribution in [2.75, 3.05) is 19.8 Å². The summed E-state index contributed by atoms with van der Waals surface area (Å²) in [6.45, 7) is 2.12. The van der Waals surface area contributed by atoms with Gasteiger partial charge in [-0.2, -0.15) is 0 Å². The van der Waals surface area contributed by atoms with Gasteiger partial charge in [0, 0.05) is 53.2 Å². The third kappa shape index (κ3) is 2.86. The molecule has 1 aliphatic carbocycles. The number of halogens is 1. The Kier molecular flexibility index (Phi) is 3.82. The van der Waals surface area contributed by atoms with E-state index in [9.17, 15) is 4.79 Å². The standard InChI is InChI=1S/C18H21ClN2O2/c19-13-1-2-14-15(10-20-16(14)9-13)18(5-6-18)11-21-17(22)12-3-7-23-8-4-12/h1-2,9-10,12,20H,3-8,11H2,(H,21,22). The fourth-order valence-corrected chi connectivity index (χ4v) is 3.76. The van der Waals surface area contributed by atoms with Gasteiger partial charge in [0.25, 0.3) is 0 Å². The Hall–Kier alpha value is -1.52. The Morgan fingerprint density at radius 2 is 2.13 bits per heavy atom. The van der Waals surface area contributed by atoms with Gasteiger partial charge in [0.2, 0.25) is 5.91 Å². The van der Waals surface area contributed by atoms with Gasteiger partial charge in [0.1, 0.15) is 0 Å². The summed E-state index contributed by atoms with van der Waals surface area (Å²) in [7, 11) is 0. The van der Waals surface area contributed by atoms with E-state index in [2.05, 4.69) is 22.6 Å². The number of hydrogen-bond donors (Lipinski definition) is 2. The van der Waals surface area contributed by atoms with E-state index in [1.165, 1.54) is 10.9 Å². The van der Waals surface area contributed by atoms with Crippen LogP contribution < -0.4 is 5.32 Å². The number of fused-ring (bicyclic) bond motifs is 1. The molecule has 5 heteroatoms. The summed E-state index contributed by atoms with van der Waals surface area (Å²) in [5.41, 5.74) is 2.46. The zero-order valence-corrected chi connectivity index (χ0v) is 13.8. The van der Waals surface area contributed by atoms with E-state index in [0.29, 0.717) is 13.2 Å². The SMILES string of the molecule is O=C(NCC1(c2c[nH]c3cc(Cl)ccc23)CC1)C1CCOCC1. The average Bonchev–Trinajstić information content (AvgIpc) is 3.25. The Balaban J connectivity index is 1.48. The van der Waals surface area contributed by atoms with Crippen LogP contribution in [0.4, 0.5) is 0 Å². The summed E-state index contributed by atoms with van der Waals surface area (Å²) in [6, 6.07) is 5.96. The van der Waals surface area contributed by atoms with Crippen LogP contribution in [-0.2, 0) is 14.9 Å². The summed E-state index contributed by atoms with van der Waals surface area (Å²) in [4.78, 5) is 15.7. The number of amides is 1. The van der Waals surface area contributed by atoms with Gasteiger partial charge in [-0.3, -0.25) is 4.79 Å². The van der Waals surface area contributed by atoms with Crippen LogP contribution in [0.15, 0.2) is 24.4 Å². The first-order valence-corrected chi connectivity index (χ1v) is 8.68. The molecule has 1 aromatic carbocycles. The van der Waals surface area contributed by atoms with Crippen molar-refractivity contribution in [3.8, 4) is 0 Å². The van der Waals surface area contributed by atoms with Gasteiger partial charge >= 0.3 is 0 Å². The van der Waals surface area contributed by atoms with Crippen molar-refractivity contribution < 1.29 is 9.53 Å². The van der Waals surface area contributed by atoms with Crippen molar-refractivity contribution in [2.24, 2.45) is 5.92 Å².